The number of carbonyl (C=O) groups excluding carboxylic acids is 2. The second-order valence-corrected chi connectivity index (χ2v) is 6.55. The predicted octanol–water partition coefficient (Wildman–Crippen LogP) is 0.0687. The van der Waals surface area contributed by atoms with Gasteiger partial charge < -0.3 is 24.3 Å². The van der Waals surface area contributed by atoms with Crippen molar-refractivity contribution in [2.75, 3.05) is 72.1 Å². The Morgan fingerprint density at radius 2 is 1.30 bits per heavy atom. The van der Waals surface area contributed by atoms with E-state index in [1.54, 1.807) is 0 Å². The second-order valence-electron chi connectivity index (χ2n) is 6.55. The lowest BCUT2D eigenvalue weighted by molar-refractivity contribution is -0.133. The van der Waals surface area contributed by atoms with Crippen LogP contribution in [0.1, 0.15) is 19.3 Å². The predicted molar refractivity (Wildman–Crippen MR) is 86.2 cm³/mol. The number of urea groups is 1. The molecular weight excluding hydrogens is 296 g/mol. The Bertz CT molecular complexity index is 412. The van der Waals surface area contributed by atoms with Gasteiger partial charge in [0.2, 0.25) is 5.91 Å². The largest absolute Gasteiger partial charge is 0.378 e. The third kappa shape index (κ3) is 4.35. The molecule has 3 aliphatic heterocycles. The summed E-state index contributed by atoms with van der Waals surface area (Å²) in [6.45, 7) is 8.36. The molecule has 0 spiro atoms. The molecule has 0 bridgehead atoms. The van der Waals surface area contributed by atoms with Gasteiger partial charge in [-0.1, -0.05) is 0 Å². The molecule has 23 heavy (non-hydrogen) atoms. The lowest BCUT2D eigenvalue weighted by Gasteiger charge is -2.38. The van der Waals surface area contributed by atoms with Crippen molar-refractivity contribution in [3.8, 4) is 0 Å². The van der Waals surface area contributed by atoms with Crippen LogP contribution in [0.3, 0.4) is 0 Å². The lowest BCUT2D eigenvalue weighted by Crippen LogP contribution is -2.55. The molecule has 0 aromatic heterocycles. The normalized spacial score (nSPS) is 23.4. The number of likely N-dealkylation sites (tertiary alicyclic amines) is 1. The summed E-state index contributed by atoms with van der Waals surface area (Å²) in [5.41, 5.74) is 0. The number of piperazine rings is 1. The van der Waals surface area contributed by atoms with E-state index in [0.29, 0.717) is 58.9 Å². The minimum absolute atomic E-state index is 0.0949. The first-order valence-corrected chi connectivity index (χ1v) is 8.86. The Balaban J connectivity index is 1.38. The highest BCUT2D eigenvalue weighted by Crippen LogP contribution is 2.11. The summed E-state index contributed by atoms with van der Waals surface area (Å²) in [5, 5.41) is 0. The number of ether oxygens (including phenoxy) is 1. The zero-order valence-corrected chi connectivity index (χ0v) is 13.9. The topological polar surface area (TPSA) is 56.3 Å². The molecule has 0 aromatic rings. The smallest absolute Gasteiger partial charge is 0.320 e. The van der Waals surface area contributed by atoms with Crippen molar-refractivity contribution < 1.29 is 14.3 Å². The van der Waals surface area contributed by atoms with Gasteiger partial charge in [-0.15, -0.1) is 0 Å². The van der Waals surface area contributed by atoms with Crippen molar-refractivity contribution in [2.24, 2.45) is 0 Å². The number of amides is 3. The molecule has 3 saturated heterocycles. The van der Waals surface area contributed by atoms with Crippen LogP contribution in [0.4, 0.5) is 4.79 Å². The molecule has 3 rings (SSSR count). The summed E-state index contributed by atoms with van der Waals surface area (Å²) in [6.07, 6.45) is 3.13. The van der Waals surface area contributed by atoms with E-state index in [-0.39, 0.29) is 11.9 Å². The number of carbonyl (C=O) groups is 2. The van der Waals surface area contributed by atoms with Gasteiger partial charge in [-0.3, -0.25) is 4.79 Å². The van der Waals surface area contributed by atoms with Gasteiger partial charge >= 0.3 is 6.03 Å². The summed E-state index contributed by atoms with van der Waals surface area (Å²) in [5.74, 6) is 0.232. The van der Waals surface area contributed by atoms with E-state index in [1.807, 2.05) is 14.7 Å². The Labute approximate surface area is 138 Å². The van der Waals surface area contributed by atoms with E-state index in [2.05, 4.69) is 4.90 Å². The van der Waals surface area contributed by atoms with Crippen LogP contribution in [0.2, 0.25) is 0 Å². The first kappa shape index (κ1) is 16.5. The molecule has 0 unspecified atom stereocenters. The standard InChI is InChI=1S/C16H28N4O3/c21-15(3-6-17-4-1-2-5-17)18-7-9-19(10-8-18)16(22)20-11-13-23-14-12-20/h1-14H2. The number of hydrogen-bond acceptors (Lipinski definition) is 4. The molecule has 3 fully saturated rings. The van der Waals surface area contributed by atoms with Crippen molar-refractivity contribution in [1.29, 1.82) is 0 Å². The molecule has 3 amide bonds. The van der Waals surface area contributed by atoms with Gasteiger partial charge in [-0.25, -0.2) is 4.79 Å². The second kappa shape index (κ2) is 7.97. The molecule has 0 atom stereocenters. The minimum Gasteiger partial charge on any atom is -0.378 e. The Morgan fingerprint density at radius 1 is 0.739 bits per heavy atom. The minimum atomic E-state index is 0.0949. The van der Waals surface area contributed by atoms with Crippen molar-refractivity contribution >= 4 is 11.9 Å². The van der Waals surface area contributed by atoms with Crippen molar-refractivity contribution in [2.45, 2.75) is 19.3 Å². The van der Waals surface area contributed by atoms with Crippen LogP contribution in [0.25, 0.3) is 0 Å². The summed E-state index contributed by atoms with van der Waals surface area (Å²) < 4.78 is 5.29. The maximum absolute atomic E-state index is 12.4. The molecule has 130 valence electrons. The third-order valence-electron chi connectivity index (χ3n) is 5.03. The van der Waals surface area contributed by atoms with Crippen LogP contribution in [0.5, 0.6) is 0 Å². The maximum Gasteiger partial charge on any atom is 0.320 e. The van der Waals surface area contributed by atoms with Crippen molar-refractivity contribution in [3.63, 3.8) is 0 Å². The van der Waals surface area contributed by atoms with Gasteiger partial charge in [0, 0.05) is 52.2 Å². The van der Waals surface area contributed by atoms with E-state index in [0.717, 1.165) is 19.6 Å². The molecule has 0 aromatic carbocycles. The highest BCUT2D eigenvalue weighted by atomic mass is 16.5. The van der Waals surface area contributed by atoms with Crippen LogP contribution < -0.4 is 0 Å². The first-order valence-electron chi connectivity index (χ1n) is 8.86. The zero-order chi connectivity index (χ0) is 16.1. The fourth-order valence-electron chi connectivity index (χ4n) is 3.52. The molecule has 7 nitrogen and oxygen atoms in total. The summed E-state index contributed by atoms with van der Waals surface area (Å²) in [7, 11) is 0. The average Bonchev–Trinajstić information content (AvgIpc) is 3.13. The molecule has 3 heterocycles. The van der Waals surface area contributed by atoms with Gasteiger partial charge in [-0.05, 0) is 25.9 Å². The molecule has 0 radical (unpaired) electrons. The first-order chi connectivity index (χ1) is 11.2. The zero-order valence-electron chi connectivity index (χ0n) is 13.9. The van der Waals surface area contributed by atoms with Crippen LogP contribution in [0, 0.1) is 0 Å². The average molecular weight is 324 g/mol. The van der Waals surface area contributed by atoms with Crippen LogP contribution in [0.15, 0.2) is 0 Å². The van der Waals surface area contributed by atoms with Gasteiger partial charge in [0.25, 0.3) is 0 Å². The summed E-state index contributed by atoms with van der Waals surface area (Å²) >= 11 is 0. The fraction of sp³-hybridized carbons (Fsp3) is 0.875. The highest BCUT2D eigenvalue weighted by molar-refractivity contribution is 5.78. The summed E-state index contributed by atoms with van der Waals surface area (Å²) in [6, 6.07) is 0.0949. The summed E-state index contributed by atoms with van der Waals surface area (Å²) in [4.78, 5) is 32.7. The molecule has 0 aliphatic carbocycles. The Kier molecular flexibility index (Phi) is 5.72. The molecule has 0 saturated carbocycles. The Hall–Kier alpha value is -1.34. The third-order valence-corrected chi connectivity index (χ3v) is 5.03. The van der Waals surface area contributed by atoms with E-state index >= 15 is 0 Å². The number of rotatable bonds is 3. The quantitative estimate of drug-likeness (QED) is 0.737. The Morgan fingerprint density at radius 3 is 1.96 bits per heavy atom. The number of hydrogen-bond donors (Lipinski definition) is 0. The lowest BCUT2D eigenvalue weighted by atomic mass is 10.2. The monoisotopic (exact) mass is 324 g/mol. The molecule has 0 N–H and O–H groups in total. The SMILES string of the molecule is O=C(CCN1CCCC1)N1CCN(C(=O)N2CCOCC2)CC1. The highest BCUT2D eigenvalue weighted by Gasteiger charge is 2.28. The maximum atomic E-state index is 12.4. The van der Waals surface area contributed by atoms with E-state index in [4.69, 9.17) is 4.74 Å². The van der Waals surface area contributed by atoms with Gasteiger partial charge in [-0.2, -0.15) is 0 Å². The van der Waals surface area contributed by atoms with Crippen molar-refractivity contribution in [3.05, 3.63) is 0 Å². The number of nitrogens with zero attached hydrogens (tertiary/aromatic N) is 4. The molecule has 3 aliphatic rings. The van der Waals surface area contributed by atoms with Gasteiger partial charge in [0.05, 0.1) is 13.2 Å². The van der Waals surface area contributed by atoms with E-state index < -0.39 is 0 Å². The van der Waals surface area contributed by atoms with Crippen LogP contribution >= 0.6 is 0 Å². The number of morpholine rings is 1. The molecule has 7 heteroatoms. The van der Waals surface area contributed by atoms with Gasteiger partial charge in [0.1, 0.15) is 0 Å². The van der Waals surface area contributed by atoms with E-state index in [1.165, 1.54) is 12.8 Å². The molecular formula is C16H28N4O3. The van der Waals surface area contributed by atoms with Crippen LogP contribution in [-0.2, 0) is 9.53 Å². The van der Waals surface area contributed by atoms with Crippen molar-refractivity contribution in [1.82, 2.24) is 19.6 Å². The van der Waals surface area contributed by atoms with E-state index in [9.17, 15) is 9.59 Å². The van der Waals surface area contributed by atoms with Gasteiger partial charge in [0.15, 0.2) is 0 Å². The fourth-order valence-corrected chi connectivity index (χ4v) is 3.52. The van der Waals surface area contributed by atoms with Crippen LogP contribution in [-0.4, -0.2) is 104 Å².